The van der Waals surface area contributed by atoms with Crippen LogP contribution in [-0.2, 0) is 11.3 Å². The highest BCUT2D eigenvalue weighted by molar-refractivity contribution is 7.08. The maximum absolute atomic E-state index is 11.8. The lowest BCUT2D eigenvalue weighted by molar-refractivity contribution is -0.115. The fraction of sp³-hybridized carbons (Fsp3) is 0.267. The molecule has 1 aromatic heterocycles. The molecule has 0 aliphatic rings. The Kier molecular flexibility index (Phi) is 5.15. The zero-order valence-electron chi connectivity index (χ0n) is 11.6. The number of benzene rings is 1. The Bertz CT molecular complexity index is 581. The first-order valence-electron chi connectivity index (χ1n) is 6.35. The van der Waals surface area contributed by atoms with E-state index in [9.17, 15) is 4.79 Å². The molecule has 0 fully saturated rings. The third-order valence-corrected chi connectivity index (χ3v) is 3.83. The first kappa shape index (κ1) is 14.6. The number of carbonyl (C=O) groups excluding carboxylic acids is 1. The number of rotatable bonds is 6. The molecule has 0 saturated heterocycles. The van der Waals surface area contributed by atoms with E-state index in [0.29, 0.717) is 6.54 Å². The van der Waals surface area contributed by atoms with Gasteiger partial charge >= 0.3 is 0 Å². The minimum atomic E-state index is -0.0638. The maximum atomic E-state index is 11.8. The highest BCUT2D eigenvalue weighted by Gasteiger charge is 2.04. The topological polar surface area (TPSA) is 50.4 Å². The van der Waals surface area contributed by atoms with Gasteiger partial charge in [0, 0.05) is 18.3 Å². The number of amides is 1. The Labute approximate surface area is 122 Å². The second kappa shape index (κ2) is 7.07. The van der Waals surface area contributed by atoms with Crippen LogP contribution in [0.15, 0.2) is 35.0 Å². The molecule has 2 N–H and O–H groups in total. The van der Waals surface area contributed by atoms with Crippen LogP contribution in [0.2, 0.25) is 0 Å². The molecular weight excluding hydrogens is 272 g/mol. The number of carbonyl (C=O) groups is 1. The van der Waals surface area contributed by atoms with Gasteiger partial charge in [0.1, 0.15) is 5.75 Å². The molecule has 2 aromatic rings. The quantitative estimate of drug-likeness (QED) is 0.860. The molecule has 0 aliphatic carbocycles. The van der Waals surface area contributed by atoms with Crippen molar-refractivity contribution in [3.63, 3.8) is 0 Å². The van der Waals surface area contributed by atoms with Crippen LogP contribution in [0.4, 0.5) is 5.69 Å². The summed E-state index contributed by atoms with van der Waals surface area (Å²) in [6.45, 7) is 3.07. The summed E-state index contributed by atoms with van der Waals surface area (Å²) >= 11 is 1.68. The normalized spacial score (nSPS) is 10.3. The van der Waals surface area contributed by atoms with Crippen molar-refractivity contribution < 1.29 is 9.53 Å². The molecular formula is C15H18N2O2S. The zero-order chi connectivity index (χ0) is 14.4. The van der Waals surface area contributed by atoms with Gasteiger partial charge in [-0.15, -0.1) is 0 Å². The average molecular weight is 290 g/mol. The molecule has 0 spiro atoms. The minimum Gasteiger partial charge on any atom is -0.497 e. The minimum absolute atomic E-state index is 0.0638. The highest BCUT2D eigenvalue weighted by Crippen LogP contribution is 2.16. The fourth-order valence-corrected chi connectivity index (χ4v) is 2.64. The summed E-state index contributed by atoms with van der Waals surface area (Å²) in [5.41, 5.74) is 3.24. The predicted molar refractivity (Wildman–Crippen MR) is 82.4 cm³/mol. The van der Waals surface area contributed by atoms with Crippen LogP contribution in [0.3, 0.4) is 0 Å². The van der Waals surface area contributed by atoms with Crippen molar-refractivity contribution in [1.82, 2.24) is 5.32 Å². The summed E-state index contributed by atoms with van der Waals surface area (Å²) in [5.74, 6) is 0.663. The Morgan fingerprint density at radius 3 is 2.90 bits per heavy atom. The molecule has 20 heavy (non-hydrogen) atoms. The first-order valence-corrected chi connectivity index (χ1v) is 7.29. The van der Waals surface area contributed by atoms with E-state index in [1.165, 1.54) is 11.1 Å². The van der Waals surface area contributed by atoms with Crippen molar-refractivity contribution in [2.75, 3.05) is 19.0 Å². The van der Waals surface area contributed by atoms with Crippen LogP contribution in [-0.4, -0.2) is 19.6 Å². The number of ether oxygens (including phenoxy) is 1. The third kappa shape index (κ3) is 4.08. The molecule has 0 aliphatic heterocycles. The predicted octanol–water partition coefficient (Wildman–Crippen LogP) is 2.79. The Hall–Kier alpha value is -1.85. The smallest absolute Gasteiger partial charge is 0.238 e. The third-order valence-electron chi connectivity index (χ3n) is 2.92. The van der Waals surface area contributed by atoms with E-state index in [2.05, 4.69) is 28.3 Å². The molecule has 1 aromatic carbocycles. The highest BCUT2D eigenvalue weighted by atomic mass is 32.1. The molecule has 0 bridgehead atoms. The first-order chi connectivity index (χ1) is 9.69. The number of hydrogen-bond acceptors (Lipinski definition) is 4. The molecule has 0 saturated carbocycles. The SMILES string of the molecule is COc1cccc(NC(=O)CNCc2cscc2C)c1. The van der Waals surface area contributed by atoms with Crippen molar-refractivity contribution in [1.29, 1.82) is 0 Å². The number of nitrogens with one attached hydrogen (secondary N) is 2. The van der Waals surface area contributed by atoms with Crippen LogP contribution in [0.1, 0.15) is 11.1 Å². The van der Waals surface area contributed by atoms with Gasteiger partial charge in [-0.05, 0) is 40.9 Å². The molecule has 2 rings (SSSR count). The van der Waals surface area contributed by atoms with Crippen molar-refractivity contribution in [3.8, 4) is 5.75 Å². The number of methoxy groups -OCH3 is 1. The van der Waals surface area contributed by atoms with E-state index in [0.717, 1.165) is 11.4 Å². The lowest BCUT2D eigenvalue weighted by Crippen LogP contribution is -2.27. The van der Waals surface area contributed by atoms with Crippen LogP contribution < -0.4 is 15.4 Å². The van der Waals surface area contributed by atoms with E-state index < -0.39 is 0 Å². The van der Waals surface area contributed by atoms with Crippen LogP contribution in [0.25, 0.3) is 0 Å². The van der Waals surface area contributed by atoms with Crippen LogP contribution in [0, 0.1) is 6.92 Å². The second-order valence-electron chi connectivity index (χ2n) is 4.46. The largest absolute Gasteiger partial charge is 0.497 e. The molecule has 5 heteroatoms. The van der Waals surface area contributed by atoms with Gasteiger partial charge in [-0.3, -0.25) is 4.79 Å². The number of anilines is 1. The second-order valence-corrected chi connectivity index (χ2v) is 5.21. The van der Waals surface area contributed by atoms with E-state index in [1.54, 1.807) is 24.5 Å². The van der Waals surface area contributed by atoms with Gasteiger partial charge in [0.2, 0.25) is 5.91 Å². The summed E-state index contributed by atoms with van der Waals surface area (Å²) < 4.78 is 5.11. The monoisotopic (exact) mass is 290 g/mol. The maximum Gasteiger partial charge on any atom is 0.238 e. The van der Waals surface area contributed by atoms with Crippen LogP contribution in [0.5, 0.6) is 5.75 Å². The number of hydrogen-bond donors (Lipinski definition) is 2. The molecule has 0 unspecified atom stereocenters. The summed E-state index contributed by atoms with van der Waals surface area (Å²) in [6, 6.07) is 7.31. The standard InChI is InChI=1S/C15H18N2O2S/c1-11-9-20-10-12(11)7-16-8-15(18)17-13-4-3-5-14(6-13)19-2/h3-6,9-10,16H,7-8H2,1-2H3,(H,17,18). The lowest BCUT2D eigenvalue weighted by atomic mass is 10.2. The van der Waals surface area contributed by atoms with Gasteiger partial charge < -0.3 is 15.4 Å². The number of thiophene rings is 1. The molecule has 1 amide bonds. The molecule has 0 atom stereocenters. The molecule has 1 heterocycles. The van der Waals surface area contributed by atoms with E-state index in [1.807, 2.05) is 18.2 Å². The van der Waals surface area contributed by atoms with Crippen LogP contribution >= 0.6 is 11.3 Å². The van der Waals surface area contributed by atoms with E-state index in [-0.39, 0.29) is 12.5 Å². The van der Waals surface area contributed by atoms with E-state index >= 15 is 0 Å². The van der Waals surface area contributed by atoms with E-state index in [4.69, 9.17) is 4.74 Å². The molecule has 0 radical (unpaired) electrons. The molecule has 4 nitrogen and oxygen atoms in total. The average Bonchev–Trinajstić information content (AvgIpc) is 2.85. The van der Waals surface area contributed by atoms with Crippen molar-refractivity contribution >= 4 is 22.9 Å². The number of aryl methyl sites for hydroxylation is 1. The lowest BCUT2D eigenvalue weighted by Gasteiger charge is -2.08. The van der Waals surface area contributed by atoms with Crippen molar-refractivity contribution in [2.45, 2.75) is 13.5 Å². The molecule has 106 valence electrons. The zero-order valence-corrected chi connectivity index (χ0v) is 12.4. The Morgan fingerprint density at radius 1 is 1.35 bits per heavy atom. The van der Waals surface area contributed by atoms with Gasteiger partial charge in [0.05, 0.1) is 13.7 Å². The summed E-state index contributed by atoms with van der Waals surface area (Å²) in [6.07, 6.45) is 0. The summed E-state index contributed by atoms with van der Waals surface area (Å²) in [7, 11) is 1.60. The van der Waals surface area contributed by atoms with Gasteiger partial charge in [-0.25, -0.2) is 0 Å². The van der Waals surface area contributed by atoms with Crippen molar-refractivity contribution in [2.24, 2.45) is 0 Å². The van der Waals surface area contributed by atoms with Gasteiger partial charge in [-0.1, -0.05) is 6.07 Å². The fourth-order valence-electron chi connectivity index (χ4n) is 1.78. The Balaban J connectivity index is 1.79. The van der Waals surface area contributed by atoms with Crippen molar-refractivity contribution in [3.05, 3.63) is 46.2 Å². The van der Waals surface area contributed by atoms with Gasteiger partial charge in [-0.2, -0.15) is 11.3 Å². The summed E-state index contributed by atoms with van der Waals surface area (Å²) in [4.78, 5) is 11.8. The Morgan fingerprint density at radius 2 is 2.20 bits per heavy atom. The summed E-state index contributed by atoms with van der Waals surface area (Å²) in [5, 5.41) is 10.2. The van der Waals surface area contributed by atoms with Gasteiger partial charge in [0.25, 0.3) is 0 Å². The van der Waals surface area contributed by atoms with Gasteiger partial charge in [0.15, 0.2) is 0 Å².